The molecule has 0 aromatic heterocycles. The summed E-state index contributed by atoms with van der Waals surface area (Å²) < 4.78 is 5.67. The minimum absolute atomic E-state index is 0.656. The predicted octanol–water partition coefficient (Wildman–Crippen LogP) is 4.52. The van der Waals surface area contributed by atoms with Crippen molar-refractivity contribution in [3.05, 3.63) is 53.1 Å². The van der Waals surface area contributed by atoms with Gasteiger partial charge in [-0.2, -0.15) is 0 Å². The third-order valence-electron chi connectivity index (χ3n) is 3.12. The molecule has 0 aliphatic rings. The van der Waals surface area contributed by atoms with Crippen molar-refractivity contribution >= 4 is 11.6 Å². The molecule has 2 aromatic carbocycles. The molecule has 2 rings (SSSR count). The van der Waals surface area contributed by atoms with Crippen LogP contribution in [-0.2, 0) is 6.54 Å². The first-order valence-electron chi connectivity index (χ1n) is 6.97. The highest BCUT2D eigenvalue weighted by molar-refractivity contribution is 6.31. The SMILES string of the molecule is CCNCc1ccc(-c2ccccc2OCC)cc1Cl. The van der Waals surface area contributed by atoms with Crippen LogP contribution < -0.4 is 10.1 Å². The van der Waals surface area contributed by atoms with Gasteiger partial charge in [-0.15, -0.1) is 0 Å². The summed E-state index contributed by atoms with van der Waals surface area (Å²) >= 11 is 6.36. The molecule has 1 N–H and O–H groups in total. The molecule has 0 heterocycles. The standard InChI is InChI=1S/C17H20ClNO/c1-3-19-12-14-10-9-13(11-16(14)18)15-7-5-6-8-17(15)20-4-2/h5-11,19H,3-4,12H2,1-2H3. The smallest absolute Gasteiger partial charge is 0.127 e. The molecule has 3 heteroatoms. The van der Waals surface area contributed by atoms with E-state index in [4.69, 9.17) is 16.3 Å². The molecule has 0 saturated carbocycles. The van der Waals surface area contributed by atoms with E-state index in [9.17, 15) is 0 Å². The Morgan fingerprint density at radius 3 is 2.60 bits per heavy atom. The Morgan fingerprint density at radius 1 is 1.10 bits per heavy atom. The van der Waals surface area contributed by atoms with Gasteiger partial charge in [0.1, 0.15) is 5.75 Å². The Kier molecular flexibility index (Phi) is 5.45. The van der Waals surface area contributed by atoms with E-state index in [-0.39, 0.29) is 0 Å². The van der Waals surface area contributed by atoms with Gasteiger partial charge >= 0.3 is 0 Å². The molecule has 0 saturated heterocycles. The van der Waals surface area contributed by atoms with Gasteiger partial charge in [0, 0.05) is 17.1 Å². The quantitative estimate of drug-likeness (QED) is 0.844. The summed E-state index contributed by atoms with van der Waals surface area (Å²) in [6, 6.07) is 14.2. The zero-order valence-electron chi connectivity index (χ0n) is 11.9. The summed E-state index contributed by atoms with van der Waals surface area (Å²) in [5.74, 6) is 0.894. The summed E-state index contributed by atoms with van der Waals surface area (Å²) in [6.45, 7) is 6.46. The highest BCUT2D eigenvalue weighted by atomic mass is 35.5. The first-order valence-corrected chi connectivity index (χ1v) is 7.35. The lowest BCUT2D eigenvalue weighted by molar-refractivity contribution is 0.341. The van der Waals surface area contributed by atoms with Crippen LogP contribution in [0.5, 0.6) is 5.75 Å². The van der Waals surface area contributed by atoms with Crippen molar-refractivity contribution in [2.45, 2.75) is 20.4 Å². The van der Waals surface area contributed by atoms with Gasteiger partial charge in [-0.25, -0.2) is 0 Å². The molecular weight excluding hydrogens is 270 g/mol. The summed E-state index contributed by atoms with van der Waals surface area (Å²) in [4.78, 5) is 0. The molecule has 0 atom stereocenters. The number of nitrogens with one attached hydrogen (secondary N) is 1. The summed E-state index contributed by atoms with van der Waals surface area (Å²) in [5, 5.41) is 4.07. The first-order chi connectivity index (χ1) is 9.76. The average molecular weight is 290 g/mol. The predicted molar refractivity (Wildman–Crippen MR) is 85.4 cm³/mol. The van der Waals surface area contributed by atoms with Crippen LogP contribution in [0.25, 0.3) is 11.1 Å². The molecule has 0 aliphatic carbocycles. The van der Waals surface area contributed by atoms with E-state index in [0.29, 0.717) is 6.61 Å². The first kappa shape index (κ1) is 14.9. The highest BCUT2D eigenvalue weighted by Crippen LogP contribution is 2.32. The van der Waals surface area contributed by atoms with Crippen molar-refractivity contribution in [2.24, 2.45) is 0 Å². The molecule has 0 spiro atoms. The maximum absolute atomic E-state index is 6.36. The lowest BCUT2D eigenvalue weighted by atomic mass is 10.0. The van der Waals surface area contributed by atoms with Crippen LogP contribution in [0.1, 0.15) is 19.4 Å². The van der Waals surface area contributed by atoms with Crippen molar-refractivity contribution < 1.29 is 4.74 Å². The van der Waals surface area contributed by atoms with E-state index in [1.807, 2.05) is 31.2 Å². The number of benzene rings is 2. The minimum atomic E-state index is 0.656. The monoisotopic (exact) mass is 289 g/mol. The van der Waals surface area contributed by atoms with Crippen LogP contribution in [0.2, 0.25) is 5.02 Å². The molecule has 0 radical (unpaired) electrons. The number of ether oxygens (including phenoxy) is 1. The third-order valence-corrected chi connectivity index (χ3v) is 3.47. The van der Waals surface area contributed by atoms with Gasteiger partial charge in [0.05, 0.1) is 6.61 Å². The average Bonchev–Trinajstić information content (AvgIpc) is 2.47. The Hall–Kier alpha value is -1.51. The maximum atomic E-state index is 6.36. The lowest BCUT2D eigenvalue weighted by Gasteiger charge is -2.12. The normalized spacial score (nSPS) is 10.6. The highest BCUT2D eigenvalue weighted by Gasteiger charge is 2.08. The largest absolute Gasteiger partial charge is 0.493 e. The maximum Gasteiger partial charge on any atom is 0.127 e. The van der Waals surface area contributed by atoms with E-state index in [0.717, 1.165) is 40.6 Å². The lowest BCUT2D eigenvalue weighted by Crippen LogP contribution is -2.11. The molecule has 20 heavy (non-hydrogen) atoms. The Bertz CT molecular complexity index is 569. The van der Waals surface area contributed by atoms with Crippen molar-refractivity contribution in [1.29, 1.82) is 0 Å². The molecular formula is C17H20ClNO. The van der Waals surface area contributed by atoms with Crippen LogP contribution in [0.15, 0.2) is 42.5 Å². The van der Waals surface area contributed by atoms with Crippen molar-refractivity contribution in [3.63, 3.8) is 0 Å². The fraction of sp³-hybridized carbons (Fsp3) is 0.294. The Balaban J connectivity index is 2.32. The van der Waals surface area contributed by atoms with Crippen molar-refractivity contribution in [3.8, 4) is 16.9 Å². The van der Waals surface area contributed by atoms with Gasteiger partial charge < -0.3 is 10.1 Å². The molecule has 106 valence electrons. The Labute approximate surface area is 125 Å². The molecule has 2 nitrogen and oxygen atoms in total. The number of halogens is 1. The molecule has 0 amide bonds. The summed E-state index contributed by atoms with van der Waals surface area (Å²) in [6.07, 6.45) is 0. The van der Waals surface area contributed by atoms with E-state index >= 15 is 0 Å². The van der Waals surface area contributed by atoms with E-state index in [2.05, 4.69) is 30.4 Å². The molecule has 2 aromatic rings. The number of hydrogen-bond acceptors (Lipinski definition) is 2. The van der Waals surface area contributed by atoms with Crippen LogP contribution in [0.3, 0.4) is 0 Å². The fourth-order valence-corrected chi connectivity index (χ4v) is 2.35. The second-order valence-electron chi connectivity index (χ2n) is 4.52. The Morgan fingerprint density at radius 2 is 1.90 bits per heavy atom. The summed E-state index contributed by atoms with van der Waals surface area (Å²) in [5.41, 5.74) is 3.27. The van der Waals surface area contributed by atoms with Gasteiger partial charge in [0.15, 0.2) is 0 Å². The molecule has 0 unspecified atom stereocenters. The van der Waals surface area contributed by atoms with Crippen molar-refractivity contribution in [1.82, 2.24) is 5.32 Å². The van der Waals surface area contributed by atoms with Gasteiger partial charge in [-0.1, -0.05) is 48.9 Å². The summed E-state index contributed by atoms with van der Waals surface area (Å²) in [7, 11) is 0. The third kappa shape index (κ3) is 3.53. The van der Waals surface area contributed by atoms with Crippen molar-refractivity contribution in [2.75, 3.05) is 13.2 Å². The second-order valence-corrected chi connectivity index (χ2v) is 4.92. The van der Waals surface area contributed by atoms with Gasteiger partial charge in [0.2, 0.25) is 0 Å². The second kappa shape index (κ2) is 7.32. The van der Waals surface area contributed by atoms with E-state index in [1.54, 1.807) is 0 Å². The fourth-order valence-electron chi connectivity index (χ4n) is 2.10. The molecule has 0 fully saturated rings. The zero-order valence-corrected chi connectivity index (χ0v) is 12.7. The number of para-hydroxylation sites is 1. The zero-order chi connectivity index (χ0) is 14.4. The number of hydrogen-bond donors (Lipinski definition) is 1. The number of rotatable bonds is 6. The van der Waals surface area contributed by atoms with E-state index in [1.165, 1.54) is 0 Å². The van der Waals surface area contributed by atoms with Crippen LogP contribution >= 0.6 is 11.6 Å². The molecule has 0 aliphatic heterocycles. The van der Waals surface area contributed by atoms with E-state index < -0.39 is 0 Å². The van der Waals surface area contributed by atoms with Gasteiger partial charge in [-0.05, 0) is 36.7 Å². The van der Waals surface area contributed by atoms with Crippen LogP contribution in [-0.4, -0.2) is 13.2 Å². The van der Waals surface area contributed by atoms with Gasteiger partial charge in [-0.3, -0.25) is 0 Å². The molecule has 0 bridgehead atoms. The van der Waals surface area contributed by atoms with Crippen LogP contribution in [0, 0.1) is 0 Å². The topological polar surface area (TPSA) is 21.3 Å². The minimum Gasteiger partial charge on any atom is -0.493 e. The van der Waals surface area contributed by atoms with Crippen LogP contribution in [0.4, 0.5) is 0 Å². The van der Waals surface area contributed by atoms with Gasteiger partial charge in [0.25, 0.3) is 0 Å².